The van der Waals surface area contributed by atoms with E-state index in [4.69, 9.17) is 13.9 Å². The molecular formula is C23H25NO6. The van der Waals surface area contributed by atoms with E-state index in [0.29, 0.717) is 22.3 Å². The summed E-state index contributed by atoms with van der Waals surface area (Å²) < 4.78 is 16.3. The van der Waals surface area contributed by atoms with Gasteiger partial charge in [0.15, 0.2) is 0 Å². The highest BCUT2D eigenvalue weighted by atomic mass is 16.6. The van der Waals surface area contributed by atoms with Crippen LogP contribution < -0.4 is 5.32 Å². The molecule has 0 aliphatic carbocycles. The van der Waals surface area contributed by atoms with Crippen molar-refractivity contribution in [2.24, 2.45) is 0 Å². The SMILES string of the molecule is COCc1cc2cc(C(=O)O)cc(-c3cccc(CNC(=O)OC(C)(C)C)c3)c2o1. The standard InChI is InChI=1S/C23H25NO6/c1-23(2,3)30-22(27)24-12-14-6-5-7-15(8-14)19-11-17(21(25)26)9-16-10-18(13-28-4)29-20(16)19/h5-11H,12-13H2,1-4H3,(H,24,27)(H,25,26). The lowest BCUT2D eigenvalue weighted by molar-refractivity contribution is 0.0523. The Morgan fingerprint density at radius 2 is 1.90 bits per heavy atom. The van der Waals surface area contributed by atoms with Crippen LogP contribution >= 0.6 is 0 Å². The van der Waals surface area contributed by atoms with Crippen molar-refractivity contribution >= 4 is 23.0 Å². The third-order valence-corrected chi connectivity index (χ3v) is 4.27. The van der Waals surface area contributed by atoms with Crippen molar-refractivity contribution in [2.75, 3.05) is 7.11 Å². The Kier molecular flexibility index (Phi) is 6.12. The number of nitrogens with one attached hydrogen (secondary N) is 1. The summed E-state index contributed by atoms with van der Waals surface area (Å²) >= 11 is 0. The maximum absolute atomic E-state index is 11.9. The Hall–Kier alpha value is -3.32. The predicted molar refractivity (Wildman–Crippen MR) is 112 cm³/mol. The highest BCUT2D eigenvalue weighted by Crippen LogP contribution is 2.33. The van der Waals surface area contributed by atoms with Gasteiger partial charge in [-0.05, 0) is 56.2 Å². The summed E-state index contributed by atoms with van der Waals surface area (Å²) in [6.45, 7) is 5.97. The van der Waals surface area contributed by atoms with E-state index in [9.17, 15) is 14.7 Å². The lowest BCUT2D eigenvalue weighted by Crippen LogP contribution is -2.32. The number of benzene rings is 2. The zero-order chi connectivity index (χ0) is 21.9. The van der Waals surface area contributed by atoms with Gasteiger partial charge in [-0.25, -0.2) is 9.59 Å². The van der Waals surface area contributed by atoms with E-state index >= 15 is 0 Å². The number of rotatable bonds is 6. The molecular weight excluding hydrogens is 386 g/mol. The van der Waals surface area contributed by atoms with Crippen LogP contribution in [0.1, 0.15) is 42.5 Å². The molecule has 0 aliphatic rings. The van der Waals surface area contributed by atoms with E-state index in [1.54, 1.807) is 46.1 Å². The first-order valence-corrected chi connectivity index (χ1v) is 9.51. The van der Waals surface area contributed by atoms with Crippen molar-refractivity contribution in [3.05, 3.63) is 59.4 Å². The van der Waals surface area contributed by atoms with Gasteiger partial charge in [-0.1, -0.05) is 18.2 Å². The number of methoxy groups -OCH3 is 1. The summed E-state index contributed by atoms with van der Waals surface area (Å²) in [5.74, 6) is -0.408. The van der Waals surface area contributed by atoms with Crippen molar-refractivity contribution in [1.82, 2.24) is 5.32 Å². The van der Waals surface area contributed by atoms with E-state index in [2.05, 4.69) is 5.32 Å². The molecule has 1 amide bonds. The first-order valence-electron chi connectivity index (χ1n) is 9.51. The maximum atomic E-state index is 11.9. The number of fused-ring (bicyclic) bond motifs is 1. The number of ether oxygens (including phenoxy) is 2. The first-order chi connectivity index (χ1) is 14.2. The van der Waals surface area contributed by atoms with Crippen molar-refractivity contribution in [2.45, 2.75) is 39.5 Å². The van der Waals surface area contributed by atoms with Crippen molar-refractivity contribution in [3.63, 3.8) is 0 Å². The number of alkyl carbamates (subject to hydrolysis) is 1. The molecule has 3 rings (SSSR count). The zero-order valence-electron chi connectivity index (χ0n) is 17.4. The number of amides is 1. The van der Waals surface area contributed by atoms with Crippen LogP contribution in [-0.4, -0.2) is 29.9 Å². The molecule has 7 nitrogen and oxygen atoms in total. The fourth-order valence-corrected chi connectivity index (χ4v) is 3.09. The molecule has 0 fully saturated rings. The quantitative estimate of drug-likeness (QED) is 0.594. The zero-order valence-corrected chi connectivity index (χ0v) is 17.4. The number of hydrogen-bond donors (Lipinski definition) is 2. The lowest BCUT2D eigenvalue weighted by Gasteiger charge is -2.19. The number of hydrogen-bond acceptors (Lipinski definition) is 5. The number of carbonyl (C=O) groups excluding carboxylic acids is 1. The molecule has 0 unspecified atom stereocenters. The van der Waals surface area contributed by atoms with Gasteiger partial charge in [-0.15, -0.1) is 0 Å². The molecule has 0 aliphatic heterocycles. The number of carboxylic acids is 1. The van der Waals surface area contributed by atoms with Crippen LogP contribution in [0.15, 0.2) is 46.9 Å². The van der Waals surface area contributed by atoms with Gasteiger partial charge in [0.05, 0.1) is 5.56 Å². The van der Waals surface area contributed by atoms with Gasteiger partial charge in [0.1, 0.15) is 23.6 Å². The summed E-state index contributed by atoms with van der Waals surface area (Å²) in [5.41, 5.74) is 2.46. The van der Waals surface area contributed by atoms with Crippen molar-refractivity contribution < 1.29 is 28.6 Å². The van der Waals surface area contributed by atoms with Gasteiger partial charge in [0, 0.05) is 24.6 Å². The summed E-state index contributed by atoms with van der Waals surface area (Å²) in [7, 11) is 1.57. The summed E-state index contributed by atoms with van der Waals surface area (Å²) in [6.07, 6.45) is -0.501. The van der Waals surface area contributed by atoms with E-state index < -0.39 is 17.7 Å². The second-order valence-electron chi connectivity index (χ2n) is 7.95. The number of aromatic carboxylic acids is 1. The molecule has 1 aromatic heterocycles. The van der Waals surface area contributed by atoms with Crippen LogP contribution in [-0.2, 0) is 22.6 Å². The molecule has 0 bridgehead atoms. The van der Waals surface area contributed by atoms with Gasteiger partial charge >= 0.3 is 12.1 Å². The van der Waals surface area contributed by atoms with Crippen LogP contribution in [0, 0.1) is 0 Å². The van der Waals surface area contributed by atoms with Crippen molar-refractivity contribution in [3.8, 4) is 11.1 Å². The summed E-state index contributed by atoms with van der Waals surface area (Å²) in [5, 5.41) is 12.9. The third-order valence-electron chi connectivity index (χ3n) is 4.27. The monoisotopic (exact) mass is 411 g/mol. The normalized spacial score (nSPS) is 11.5. The van der Waals surface area contributed by atoms with Gasteiger partial charge in [0.2, 0.25) is 0 Å². The fourth-order valence-electron chi connectivity index (χ4n) is 3.09. The minimum absolute atomic E-state index is 0.166. The smallest absolute Gasteiger partial charge is 0.407 e. The Labute approximate surface area is 174 Å². The number of carboxylic acid groups (broad SMARTS) is 1. The molecule has 0 saturated carbocycles. The molecule has 1 heterocycles. The predicted octanol–water partition coefficient (Wildman–Crippen LogP) is 4.97. The Morgan fingerprint density at radius 3 is 2.57 bits per heavy atom. The van der Waals surface area contributed by atoms with Crippen LogP contribution in [0.2, 0.25) is 0 Å². The van der Waals surface area contributed by atoms with Gasteiger partial charge in [-0.3, -0.25) is 0 Å². The molecule has 2 N–H and O–H groups in total. The van der Waals surface area contributed by atoms with Gasteiger partial charge in [0.25, 0.3) is 0 Å². The summed E-state index contributed by atoms with van der Waals surface area (Å²) in [4.78, 5) is 23.5. The Balaban J connectivity index is 1.94. The van der Waals surface area contributed by atoms with Crippen LogP contribution in [0.25, 0.3) is 22.1 Å². The second-order valence-corrected chi connectivity index (χ2v) is 7.95. The first kappa shape index (κ1) is 21.4. The molecule has 0 spiro atoms. The minimum atomic E-state index is -1.02. The second kappa shape index (κ2) is 8.59. The fraction of sp³-hybridized carbons (Fsp3) is 0.304. The minimum Gasteiger partial charge on any atom is -0.478 e. The Bertz CT molecular complexity index is 1080. The number of furan rings is 1. The van der Waals surface area contributed by atoms with E-state index in [1.807, 2.05) is 24.3 Å². The van der Waals surface area contributed by atoms with Gasteiger partial charge in [-0.2, -0.15) is 0 Å². The molecule has 158 valence electrons. The average molecular weight is 411 g/mol. The van der Waals surface area contributed by atoms with E-state index in [1.165, 1.54) is 0 Å². The molecule has 0 atom stereocenters. The average Bonchev–Trinajstić information content (AvgIpc) is 3.07. The lowest BCUT2D eigenvalue weighted by atomic mass is 9.98. The molecule has 0 radical (unpaired) electrons. The molecule has 0 saturated heterocycles. The summed E-state index contributed by atoms with van der Waals surface area (Å²) in [6, 6.07) is 12.4. The topological polar surface area (TPSA) is 98.0 Å². The van der Waals surface area contributed by atoms with Crippen LogP contribution in [0.4, 0.5) is 4.79 Å². The van der Waals surface area contributed by atoms with Crippen LogP contribution in [0.3, 0.4) is 0 Å². The maximum Gasteiger partial charge on any atom is 0.407 e. The third kappa shape index (κ3) is 5.18. The molecule has 30 heavy (non-hydrogen) atoms. The van der Waals surface area contributed by atoms with Crippen LogP contribution in [0.5, 0.6) is 0 Å². The van der Waals surface area contributed by atoms with Crippen molar-refractivity contribution in [1.29, 1.82) is 0 Å². The highest BCUT2D eigenvalue weighted by Gasteiger charge is 2.17. The molecule has 3 aromatic rings. The molecule has 7 heteroatoms. The van der Waals surface area contributed by atoms with Gasteiger partial charge < -0.3 is 24.3 Å². The highest BCUT2D eigenvalue weighted by molar-refractivity contribution is 6.00. The molecule has 2 aromatic carbocycles. The number of carbonyl (C=O) groups is 2. The van der Waals surface area contributed by atoms with E-state index in [0.717, 1.165) is 11.1 Å². The Morgan fingerprint density at radius 1 is 1.13 bits per heavy atom. The largest absolute Gasteiger partial charge is 0.478 e. The van der Waals surface area contributed by atoms with E-state index in [-0.39, 0.29) is 18.7 Å².